The van der Waals surface area contributed by atoms with Crippen molar-refractivity contribution < 1.29 is 4.42 Å². The molecule has 2 aromatic heterocycles. The predicted octanol–water partition coefficient (Wildman–Crippen LogP) is 15.2. The van der Waals surface area contributed by atoms with E-state index < -0.39 is 0 Å². The second-order valence-electron chi connectivity index (χ2n) is 16.4. The standard InChI is InChI=1S/C52H37NOS/c1-51(2)39-19-10-7-14-32(39)34-26-24-30(28-41(34)51)53(31-25-27-35-33-15-8-11-20-40(33)52(3,4)42(35)29-31)43-21-13-23-45-47(43)48-49-46(38-18-9-12-22-44(38)54-49)36-16-5-6-17-37(36)50(48)55-45/h5-29H,1-4H3. The molecule has 0 bridgehead atoms. The molecular formula is C52H37NOS. The van der Waals surface area contributed by atoms with Crippen molar-refractivity contribution in [1.29, 1.82) is 0 Å². The Labute approximate surface area is 323 Å². The number of furan rings is 1. The van der Waals surface area contributed by atoms with Crippen molar-refractivity contribution in [3.63, 3.8) is 0 Å². The molecule has 0 aliphatic heterocycles. The van der Waals surface area contributed by atoms with Gasteiger partial charge in [-0.25, -0.2) is 0 Å². The zero-order valence-electron chi connectivity index (χ0n) is 31.2. The Morgan fingerprint density at radius 2 is 1.00 bits per heavy atom. The van der Waals surface area contributed by atoms with Crippen molar-refractivity contribution in [2.45, 2.75) is 38.5 Å². The molecule has 2 aliphatic carbocycles. The SMILES string of the molecule is CC1(C)c2ccccc2-c2ccc(N(c3ccc4c(c3)C(C)(C)c3ccccc3-4)c3cccc4sc5c6ccccc6c6c7ccccc7oc6c5c34)cc21. The minimum absolute atomic E-state index is 0.129. The van der Waals surface area contributed by atoms with Gasteiger partial charge in [0.15, 0.2) is 0 Å². The van der Waals surface area contributed by atoms with Crippen LogP contribution in [0.2, 0.25) is 0 Å². The van der Waals surface area contributed by atoms with Gasteiger partial charge in [-0.15, -0.1) is 11.3 Å². The molecule has 8 aromatic carbocycles. The maximum Gasteiger partial charge on any atom is 0.145 e. The molecule has 12 rings (SSSR count). The molecule has 0 N–H and O–H groups in total. The zero-order valence-corrected chi connectivity index (χ0v) is 32.0. The number of hydrogen-bond donors (Lipinski definition) is 0. The first-order valence-electron chi connectivity index (χ1n) is 19.3. The number of para-hydroxylation sites is 1. The lowest BCUT2D eigenvalue weighted by Crippen LogP contribution is -2.18. The van der Waals surface area contributed by atoms with Gasteiger partial charge in [0.1, 0.15) is 11.2 Å². The summed E-state index contributed by atoms with van der Waals surface area (Å²) in [6.07, 6.45) is 0. The summed E-state index contributed by atoms with van der Waals surface area (Å²) in [4.78, 5) is 2.52. The third kappa shape index (κ3) is 4.04. The molecule has 2 heterocycles. The summed E-state index contributed by atoms with van der Waals surface area (Å²) in [5, 5.41) is 7.26. The monoisotopic (exact) mass is 723 g/mol. The molecule has 0 saturated carbocycles. The number of benzene rings is 8. The summed E-state index contributed by atoms with van der Waals surface area (Å²) in [6, 6.07) is 56.3. The lowest BCUT2D eigenvalue weighted by Gasteiger charge is -2.30. The van der Waals surface area contributed by atoms with E-state index >= 15 is 0 Å². The average molecular weight is 724 g/mol. The molecule has 0 spiro atoms. The quantitative estimate of drug-likeness (QED) is 0.180. The van der Waals surface area contributed by atoms with E-state index in [1.54, 1.807) is 0 Å². The highest BCUT2D eigenvalue weighted by Crippen LogP contribution is 2.55. The van der Waals surface area contributed by atoms with Crippen molar-refractivity contribution in [3.8, 4) is 22.3 Å². The molecular weight excluding hydrogens is 687 g/mol. The van der Waals surface area contributed by atoms with Crippen LogP contribution in [0.15, 0.2) is 156 Å². The van der Waals surface area contributed by atoms with E-state index in [0.717, 1.165) is 33.6 Å². The van der Waals surface area contributed by atoms with Crippen LogP contribution in [0.1, 0.15) is 49.9 Å². The molecule has 0 fully saturated rings. The highest BCUT2D eigenvalue weighted by molar-refractivity contribution is 7.27. The lowest BCUT2D eigenvalue weighted by atomic mass is 9.82. The number of fused-ring (bicyclic) bond motifs is 16. The van der Waals surface area contributed by atoms with Crippen LogP contribution in [0, 0.1) is 0 Å². The van der Waals surface area contributed by atoms with Gasteiger partial charge in [-0.2, -0.15) is 0 Å². The average Bonchev–Trinajstić information content (AvgIpc) is 3.92. The highest BCUT2D eigenvalue weighted by Gasteiger charge is 2.38. The third-order valence-electron chi connectivity index (χ3n) is 12.8. The first-order valence-corrected chi connectivity index (χ1v) is 20.1. The molecule has 0 radical (unpaired) electrons. The number of anilines is 3. The van der Waals surface area contributed by atoms with Gasteiger partial charge in [-0.3, -0.25) is 0 Å². The maximum atomic E-state index is 6.92. The summed E-state index contributed by atoms with van der Waals surface area (Å²) in [6.45, 7) is 9.49. The summed E-state index contributed by atoms with van der Waals surface area (Å²) in [5.41, 5.74) is 15.9. The number of nitrogens with zero attached hydrogens (tertiary/aromatic N) is 1. The summed E-state index contributed by atoms with van der Waals surface area (Å²) >= 11 is 1.87. The second-order valence-corrected chi connectivity index (χ2v) is 17.5. The van der Waals surface area contributed by atoms with Crippen molar-refractivity contribution >= 4 is 81.3 Å². The molecule has 0 unspecified atom stereocenters. The van der Waals surface area contributed by atoms with E-state index in [9.17, 15) is 0 Å². The Hall–Kier alpha value is -6.16. The fourth-order valence-corrected chi connectivity index (χ4v) is 11.5. The Bertz CT molecular complexity index is 3180. The smallest absolute Gasteiger partial charge is 0.145 e. The number of rotatable bonds is 3. The van der Waals surface area contributed by atoms with Crippen LogP contribution in [0.4, 0.5) is 17.1 Å². The van der Waals surface area contributed by atoms with Gasteiger partial charge >= 0.3 is 0 Å². The minimum Gasteiger partial charge on any atom is -0.455 e. The Morgan fingerprint density at radius 3 is 1.65 bits per heavy atom. The van der Waals surface area contributed by atoms with Gasteiger partial charge in [0.05, 0.1) is 5.69 Å². The predicted molar refractivity (Wildman–Crippen MR) is 234 cm³/mol. The molecule has 3 heteroatoms. The Morgan fingerprint density at radius 1 is 0.455 bits per heavy atom. The maximum absolute atomic E-state index is 6.92. The van der Waals surface area contributed by atoms with Crippen molar-refractivity contribution in [2.24, 2.45) is 0 Å². The summed E-state index contributed by atoms with van der Waals surface area (Å²) in [7, 11) is 0. The fourth-order valence-electron chi connectivity index (χ4n) is 10.2. The Balaban J connectivity index is 1.19. The van der Waals surface area contributed by atoms with E-state index in [4.69, 9.17) is 4.42 Å². The van der Waals surface area contributed by atoms with Gasteiger partial charge in [0.2, 0.25) is 0 Å². The highest BCUT2D eigenvalue weighted by atomic mass is 32.1. The van der Waals surface area contributed by atoms with Crippen LogP contribution >= 0.6 is 11.3 Å². The van der Waals surface area contributed by atoms with Crippen LogP contribution < -0.4 is 4.90 Å². The van der Waals surface area contributed by atoms with Crippen LogP contribution in [-0.2, 0) is 10.8 Å². The molecule has 10 aromatic rings. The Kier molecular flexibility index (Phi) is 6.10. The third-order valence-corrected chi connectivity index (χ3v) is 14.0. The van der Waals surface area contributed by atoms with Gasteiger partial charge < -0.3 is 9.32 Å². The molecule has 262 valence electrons. The van der Waals surface area contributed by atoms with E-state index in [1.165, 1.54) is 80.8 Å². The van der Waals surface area contributed by atoms with Crippen molar-refractivity contribution in [3.05, 3.63) is 174 Å². The van der Waals surface area contributed by atoms with Crippen LogP contribution in [0.5, 0.6) is 0 Å². The molecule has 2 aliphatic rings. The van der Waals surface area contributed by atoms with E-state index in [2.05, 4.69) is 184 Å². The summed E-state index contributed by atoms with van der Waals surface area (Å²) in [5.74, 6) is 0. The first-order chi connectivity index (χ1) is 26.8. The molecule has 0 atom stereocenters. The number of thiophene rings is 1. The van der Waals surface area contributed by atoms with Crippen molar-refractivity contribution in [2.75, 3.05) is 4.90 Å². The molecule has 0 amide bonds. The molecule has 55 heavy (non-hydrogen) atoms. The normalized spacial score (nSPS) is 14.8. The van der Waals surface area contributed by atoms with E-state index in [-0.39, 0.29) is 10.8 Å². The minimum atomic E-state index is -0.129. The second kappa shape index (κ2) is 10.7. The van der Waals surface area contributed by atoms with Crippen LogP contribution in [0.3, 0.4) is 0 Å². The van der Waals surface area contributed by atoms with Crippen LogP contribution in [0.25, 0.3) is 75.1 Å². The largest absolute Gasteiger partial charge is 0.455 e. The van der Waals surface area contributed by atoms with Crippen molar-refractivity contribution in [1.82, 2.24) is 0 Å². The van der Waals surface area contributed by atoms with Gasteiger partial charge in [0, 0.05) is 58.5 Å². The zero-order chi connectivity index (χ0) is 36.8. The van der Waals surface area contributed by atoms with E-state index in [0.29, 0.717) is 0 Å². The van der Waals surface area contributed by atoms with Gasteiger partial charge in [-0.1, -0.05) is 137 Å². The fraction of sp³-hybridized carbons (Fsp3) is 0.115. The van der Waals surface area contributed by atoms with Gasteiger partial charge in [0.25, 0.3) is 0 Å². The topological polar surface area (TPSA) is 16.4 Å². The number of hydrogen-bond acceptors (Lipinski definition) is 3. The van der Waals surface area contributed by atoms with E-state index in [1.807, 2.05) is 11.3 Å². The first kappa shape index (κ1) is 31.2. The van der Waals surface area contributed by atoms with Crippen LogP contribution in [-0.4, -0.2) is 0 Å². The lowest BCUT2D eigenvalue weighted by molar-refractivity contribution is 0.660. The molecule has 0 saturated heterocycles. The summed E-state index contributed by atoms with van der Waals surface area (Å²) < 4.78 is 9.43. The van der Waals surface area contributed by atoms with Gasteiger partial charge in [-0.05, 0) is 92.4 Å². The molecule has 2 nitrogen and oxygen atoms in total.